The van der Waals surface area contributed by atoms with Crippen LogP contribution in [0.15, 0.2) is 23.2 Å². The molecule has 2 N–H and O–H groups in total. The predicted octanol–water partition coefficient (Wildman–Crippen LogP) is 3.57. The van der Waals surface area contributed by atoms with Gasteiger partial charge in [-0.05, 0) is 45.4 Å². The Morgan fingerprint density at radius 3 is 2.66 bits per heavy atom. The Morgan fingerprint density at radius 1 is 1.21 bits per heavy atom. The van der Waals surface area contributed by atoms with Gasteiger partial charge in [-0.15, -0.1) is 24.0 Å². The van der Waals surface area contributed by atoms with E-state index in [1.54, 1.807) is 7.11 Å². The third-order valence-corrected chi connectivity index (χ3v) is 5.22. The third-order valence-electron chi connectivity index (χ3n) is 5.22. The maximum absolute atomic E-state index is 5.88. The van der Waals surface area contributed by atoms with Gasteiger partial charge in [0.15, 0.2) is 5.96 Å². The Kier molecular flexibility index (Phi) is 13.3. The van der Waals surface area contributed by atoms with Gasteiger partial charge in [-0.25, -0.2) is 4.99 Å². The van der Waals surface area contributed by atoms with E-state index in [0.29, 0.717) is 19.8 Å². The van der Waals surface area contributed by atoms with E-state index >= 15 is 0 Å². The first-order valence-electron chi connectivity index (χ1n) is 10.6. The highest BCUT2D eigenvalue weighted by Gasteiger charge is 2.18. The summed E-state index contributed by atoms with van der Waals surface area (Å²) < 4.78 is 11.0. The minimum atomic E-state index is 0. The lowest BCUT2D eigenvalue weighted by atomic mass is 10.1. The monoisotopic (exact) mass is 518 g/mol. The van der Waals surface area contributed by atoms with Crippen LogP contribution in [0.25, 0.3) is 0 Å². The van der Waals surface area contributed by atoms with Crippen molar-refractivity contribution in [1.29, 1.82) is 0 Å². The standard InChI is InChI=1S/C22H38N4O2.HI/c1-5-23-22(24-12-13-26(3)20-8-6-7-9-20)25-17-19-11-10-18(2)16-21(19)28-15-14-27-4;/h10-11,16,20H,5-9,12-15,17H2,1-4H3,(H2,23,24,25);1H. The highest BCUT2D eigenvalue weighted by Crippen LogP contribution is 2.22. The zero-order chi connectivity index (χ0) is 20.2. The summed E-state index contributed by atoms with van der Waals surface area (Å²) in [5, 5.41) is 6.80. The van der Waals surface area contributed by atoms with Gasteiger partial charge in [-0.3, -0.25) is 0 Å². The fourth-order valence-electron chi connectivity index (χ4n) is 3.55. The Labute approximate surface area is 193 Å². The summed E-state index contributed by atoms with van der Waals surface area (Å²) in [6.45, 7) is 8.63. The molecule has 1 aliphatic carbocycles. The van der Waals surface area contributed by atoms with Crippen molar-refractivity contribution >= 4 is 29.9 Å². The van der Waals surface area contributed by atoms with E-state index in [2.05, 4.69) is 54.6 Å². The molecule has 1 aliphatic rings. The van der Waals surface area contributed by atoms with Crippen molar-refractivity contribution in [3.63, 3.8) is 0 Å². The second-order valence-corrected chi connectivity index (χ2v) is 7.49. The molecule has 0 bridgehead atoms. The van der Waals surface area contributed by atoms with Crippen LogP contribution in [-0.2, 0) is 11.3 Å². The van der Waals surface area contributed by atoms with Crippen molar-refractivity contribution in [2.45, 2.75) is 52.1 Å². The number of guanidine groups is 1. The fourth-order valence-corrected chi connectivity index (χ4v) is 3.55. The number of likely N-dealkylation sites (N-methyl/N-ethyl adjacent to an activating group) is 1. The minimum absolute atomic E-state index is 0. The number of halogens is 1. The molecular formula is C22H39IN4O2. The average molecular weight is 518 g/mol. The van der Waals surface area contributed by atoms with Crippen molar-refractivity contribution in [2.75, 3.05) is 47.0 Å². The van der Waals surface area contributed by atoms with Gasteiger partial charge in [-0.2, -0.15) is 0 Å². The summed E-state index contributed by atoms with van der Waals surface area (Å²) in [4.78, 5) is 7.24. The van der Waals surface area contributed by atoms with Crippen molar-refractivity contribution in [3.8, 4) is 5.75 Å². The molecule has 0 unspecified atom stereocenters. The zero-order valence-electron chi connectivity index (χ0n) is 18.5. The minimum Gasteiger partial charge on any atom is -0.491 e. The molecule has 166 valence electrons. The highest BCUT2D eigenvalue weighted by molar-refractivity contribution is 14.0. The molecule has 2 rings (SSSR count). The van der Waals surface area contributed by atoms with Crippen molar-refractivity contribution in [2.24, 2.45) is 4.99 Å². The summed E-state index contributed by atoms with van der Waals surface area (Å²) in [5.74, 6) is 1.74. The summed E-state index contributed by atoms with van der Waals surface area (Å²) in [5.41, 5.74) is 2.27. The molecule has 1 fully saturated rings. The number of aryl methyl sites for hydroxylation is 1. The topological polar surface area (TPSA) is 58.1 Å². The molecule has 1 saturated carbocycles. The molecule has 0 saturated heterocycles. The van der Waals surface area contributed by atoms with Gasteiger partial charge in [0.25, 0.3) is 0 Å². The number of methoxy groups -OCH3 is 1. The second-order valence-electron chi connectivity index (χ2n) is 7.49. The van der Waals surface area contributed by atoms with Gasteiger partial charge >= 0.3 is 0 Å². The lowest BCUT2D eigenvalue weighted by molar-refractivity contribution is 0.145. The van der Waals surface area contributed by atoms with Gasteiger partial charge < -0.3 is 25.0 Å². The lowest BCUT2D eigenvalue weighted by Gasteiger charge is -2.24. The van der Waals surface area contributed by atoms with Crippen LogP contribution < -0.4 is 15.4 Å². The Balaban J connectivity index is 0.00000420. The largest absolute Gasteiger partial charge is 0.491 e. The number of rotatable bonds is 11. The predicted molar refractivity (Wildman–Crippen MR) is 132 cm³/mol. The van der Waals surface area contributed by atoms with E-state index in [0.717, 1.165) is 42.9 Å². The van der Waals surface area contributed by atoms with Crippen LogP contribution in [0.2, 0.25) is 0 Å². The molecule has 0 spiro atoms. The van der Waals surface area contributed by atoms with Gasteiger partial charge in [0.05, 0.1) is 13.2 Å². The van der Waals surface area contributed by atoms with Gasteiger partial charge in [0.1, 0.15) is 12.4 Å². The molecule has 1 aromatic carbocycles. The van der Waals surface area contributed by atoms with Crippen LogP contribution in [0.5, 0.6) is 5.75 Å². The quantitative estimate of drug-likeness (QED) is 0.203. The fraction of sp³-hybridized carbons (Fsp3) is 0.682. The number of hydrogen-bond donors (Lipinski definition) is 2. The molecule has 7 heteroatoms. The summed E-state index contributed by atoms with van der Waals surface area (Å²) >= 11 is 0. The van der Waals surface area contributed by atoms with Crippen LogP contribution in [0.1, 0.15) is 43.7 Å². The molecule has 1 aromatic rings. The molecule has 0 atom stereocenters. The molecule has 6 nitrogen and oxygen atoms in total. The Morgan fingerprint density at radius 2 is 1.97 bits per heavy atom. The van der Waals surface area contributed by atoms with E-state index in [1.165, 1.54) is 31.2 Å². The maximum atomic E-state index is 5.88. The van der Waals surface area contributed by atoms with Crippen LogP contribution in [0.3, 0.4) is 0 Å². The first-order valence-corrected chi connectivity index (χ1v) is 10.6. The van der Waals surface area contributed by atoms with Gasteiger partial charge in [0.2, 0.25) is 0 Å². The van der Waals surface area contributed by atoms with E-state index in [-0.39, 0.29) is 24.0 Å². The first kappa shape index (κ1) is 26.0. The summed E-state index contributed by atoms with van der Waals surface area (Å²) in [7, 11) is 3.92. The normalized spacial score (nSPS) is 14.7. The number of nitrogens with one attached hydrogen (secondary N) is 2. The summed E-state index contributed by atoms with van der Waals surface area (Å²) in [6.07, 6.45) is 5.42. The number of benzene rings is 1. The number of hydrogen-bond acceptors (Lipinski definition) is 4. The molecule has 29 heavy (non-hydrogen) atoms. The second kappa shape index (κ2) is 14.8. The zero-order valence-corrected chi connectivity index (χ0v) is 20.8. The lowest BCUT2D eigenvalue weighted by Crippen LogP contribution is -2.42. The summed E-state index contributed by atoms with van der Waals surface area (Å²) in [6, 6.07) is 7.02. The molecule has 0 radical (unpaired) electrons. The van der Waals surface area contributed by atoms with E-state index in [9.17, 15) is 0 Å². The Bertz CT molecular complexity index is 606. The van der Waals surface area contributed by atoms with Crippen molar-refractivity contribution < 1.29 is 9.47 Å². The van der Waals surface area contributed by atoms with Crippen molar-refractivity contribution in [3.05, 3.63) is 29.3 Å². The van der Waals surface area contributed by atoms with Gasteiger partial charge in [0, 0.05) is 38.3 Å². The Hall–Kier alpha value is -1.06. The van der Waals surface area contributed by atoms with Crippen LogP contribution >= 0.6 is 24.0 Å². The van der Waals surface area contributed by atoms with E-state index in [1.807, 2.05) is 0 Å². The van der Waals surface area contributed by atoms with Crippen molar-refractivity contribution in [1.82, 2.24) is 15.5 Å². The molecular weight excluding hydrogens is 479 g/mol. The smallest absolute Gasteiger partial charge is 0.191 e. The van der Waals surface area contributed by atoms with Crippen LogP contribution in [0, 0.1) is 6.92 Å². The molecule has 0 heterocycles. The van der Waals surface area contributed by atoms with Crippen LogP contribution in [-0.4, -0.2) is 63.9 Å². The first-order chi connectivity index (χ1) is 13.6. The number of ether oxygens (including phenoxy) is 2. The number of aliphatic imine (C=N–C) groups is 1. The highest BCUT2D eigenvalue weighted by atomic mass is 127. The number of nitrogens with zero attached hydrogens (tertiary/aromatic N) is 2. The maximum Gasteiger partial charge on any atom is 0.191 e. The van der Waals surface area contributed by atoms with E-state index in [4.69, 9.17) is 14.5 Å². The van der Waals surface area contributed by atoms with Gasteiger partial charge in [-0.1, -0.05) is 25.0 Å². The van der Waals surface area contributed by atoms with Crippen LogP contribution in [0.4, 0.5) is 0 Å². The molecule has 0 aromatic heterocycles. The molecule has 0 amide bonds. The average Bonchev–Trinajstić information content (AvgIpc) is 3.22. The molecule has 0 aliphatic heterocycles. The SMILES string of the molecule is CCNC(=NCc1ccc(C)cc1OCCOC)NCCN(C)C1CCCC1.I. The van der Waals surface area contributed by atoms with E-state index < -0.39 is 0 Å². The third kappa shape index (κ3) is 9.53.